The molecule has 0 aliphatic heterocycles. The van der Waals surface area contributed by atoms with Crippen molar-refractivity contribution >= 4 is 29.7 Å². The largest absolute Gasteiger partial charge is 0.495 e. The Morgan fingerprint density at radius 3 is 2.35 bits per heavy atom. The fraction of sp³-hybridized carbons (Fsp3) is 0.316. The Bertz CT molecular complexity index is 737. The molecule has 0 bridgehead atoms. The smallest absolute Gasteiger partial charge is 0.255 e. The van der Waals surface area contributed by atoms with Gasteiger partial charge in [0.1, 0.15) is 5.75 Å². The first-order valence-corrected chi connectivity index (χ1v) is 8.14. The Hall–Kier alpha value is -2.60. The average Bonchev–Trinajstić information content (AvgIpc) is 2.62. The van der Waals surface area contributed by atoms with Crippen molar-refractivity contribution in [3.05, 3.63) is 42.0 Å². The highest BCUT2D eigenvalue weighted by atomic mass is 35.5. The number of unbranched alkanes of at least 4 members (excludes halogenated alkanes) is 1. The average molecular weight is 381 g/mol. The van der Waals surface area contributed by atoms with Gasteiger partial charge in [0.05, 0.1) is 26.5 Å². The monoisotopic (exact) mass is 380 g/mol. The lowest BCUT2D eigenvalue weighted by Gasteiger charge is -2.12. The molecule has 0 atom stereocenters. The minimum atomic E-state index is -0.261. The number of carbonyl (C=O) groups excluding carboxylic acids is 1. The highest BCUT2D eigenvalue weighted by Crippen LogP contribution is 2.29. The summed E-state index contributed by atoms with van der Waals surface area (Å²) in [4.78, 5) is 12.4. The number of nitrogens with one attached hydrogen (secondary N) is 1. The van der Waals surface area contributed by atoms with Crippen LogP contribution < -0.4 is 25.3 Å². The zero-order valence-electron chi connectivity index (χ0n) is 15.2. The molecule has 2 aromatic carbocycles. The van der Waals surface area contributed by atoms with Gasteiger partial charge in [-0.25, -0.2) is 0 Å². The summed E-state index contributed by atoms with van der Waals surface area (Å²) in [5.74, 6) is 1.45. The maximum atomic E-state index is 12.4. The van der Waals surface area contributed by atoms with Crippen LogP contribution in [0.1, 0.15) is 30.1 Å². The summed E-state index contributed by atoms with van der Waals surface area (Å²) in [6.45, 7) is 2.71. The van der Waals surface area contributed by atoms with E-state index in [-0.39, 0.29) is 18.3 Å². The van der Waals surface area contributed by atoms with Crippen molar-refractivity contribution in [1.29, 1.82) is 0 Å². The summed E-state index contributed by atoms with van der Waals surface area (Å²) in [6.07, 6.45) is 2.01. The Kier molecular flexibility index (Phi) is 8.58. The van der Waals surface area contributed by atoms with Crippen molar-refractivity contribution in [3.8, 4) is 17.2 Å². The summed E-state index contributed by atoms with van der Waals surface area (Å²) in [7, 11) is 3.09. The molecule has 142 valence electrons. The van der Waals surface area contributed by atoms with E-state index in [9.17, 15) is 4.79 Å². The van der Waals surface area contributed by atoms with E-state index in [4.69, 9.17) is 19.9 Å². The lowest BCUT2D eigenvalue weighted by atomic mass is 10.1. The second-order valence-electron chi connectivity index (χ2n) is 5.48. The summed E-state index contributed by atoms with van der Waals surface area (Å²) in [5.41, 5.74) is 7.37. The number of hydrogen-bond acceptors (Lipinski definition) is 5. The van der Waals surface area contributed by atoms with E-state index in [1.165, 1.54) is 0 Å². The van der Waals surface area contributed by atoms with Gasteiger partial charge in [0, 0.05) is 11.3 Å². The zero-order valence-corrected chi connectivity index (χ0v) is 16.0. The van der Waals surface area contributed by atoms with Crippen LogP contribution in [0.5, 0.6) is 17.2 Å². The van der Waals surface area contributed by atoms with E-state index in [2.05, 4.69) is 12.2 Å². The Morgan fingerprint density at radius 1 is 1.04 bits per heavy atom. The maximum Gasteiger partial charge on any atom is 0.255 e. The van der Waals surface area contributed by atoms with Crippen LogP contribution in [0.4, 0.5) is 11.4 Å². The Morgan fingerprint density at radius 2 is 1.73 bits per heavy atom. The molecule has 0 aliphatic carbocycles. The van der Waals surface area contributed by atoms with E-state index in [0.29, 0.717) is 40.8 Å². The molecular formula is C19H25ClN2O4. The number of anilines is 2. The molecule has 0 heterocycles. The van der Waals surface area contributed by atoms with Crippen LogP contribution in [0.25, 0.3) is 0 Å². The first-order chi connectivity index (χ1) is 12.1. The third kappa shape index (κ3) is 5.46. The second kappa shape index (κ2) is 10.4. The molecule has 0 fully saturated rings. The van der Waals surface area contributed by atoms with E-state index >= 15 is 0 Å². The Labute approximate surface area is 160 Å². The number of nitrogen functional groups attached to an aromatic ring is 1. The highest BCUT2D eigenvalue weighted by Gasteiger charge is 2.12. The molecule has 0 aromatic heterocycles. The van der Waals surface area contributed by atoms with Gasteiger partial charge >= 0.3 is 0 Å². The standard InChI is InChI=1S/C19H24N2O4.ClH/c1-4-5-10-25-17-8-6-13(11-18(17)24-3)19(22)21-14-7-9-16(23-2)15(20)12-14;/h6-9,11-12H,4-5,10,20H2,1-3H3,(H,21,22);1H. The normalized spacial score (nSPS) is 9.81. The fourth-order valence-corrected chi connectivity index (χ4v) is 2.27. The molecule has 7 heteroatoms. The summed E-state index contributed by atoms with van der Waals surface area (Å²) < 4.78 is 16.1. The van der Waals surface area contributed by atoms with Gasteiger partial charge in [0.2, 0.25) is 0 Å². The van der Waals surface area contributed by atoms with Crippen LogP contribution >= 0.6 is 12.4 Å². The molecule has 2 aromatic rings. The fourth-order valence-electron chi connectivity index (χ4n) is 2.27. The van der Waals surface area contributed by atoms with Crippen molar-refractivity contribution in [3.63, 3.8) is 0 Å². The van der Waals surface area contributed by atoms with Gasteiger partial charge in [0.15, 0.2) is 11.5 Å². The molecule has 2 rings (SSSR count). The first-order valence-electron chi connectivity index (χ1n) is 8.14. The van der Waals surface area contributed by atoms with Crippen molar-refractivity contribution in [2.45, 2.75) is 19.8 Å². The number of methoxy groups -OCH3 is 2. The van der Waals surface area contributed by atoms with Gasteiger partial charge in [-0.05, 0) is 42.8 Å². The SMILES string of the molecule is CCCCOc1ccc(C(=O)Nc2ccc(OC)c(N)c2)cc1OC.Cl. The first kappa shape index (κ1) is 21.4. The third-order valence-electron chi connectivity index (χ3n) is 3.67. The minimum Gasteiger partial charge on any atom is -0.495 e. The number of nitrogens with two attached hydrogens (primary N) is 1. The lowest BCUT2D eigenvalue weighted by Crippen LogP contribution is -2.12. The van der Waals surface area contributed by atoms with Crippen LogP contribution in [0.15, 0.2) is 36.4 Å². The van der Waals surface area contributed by atoms with Crippen LogP contribution in [0.3, 0.4) is 0 Å². The van der Waals surface area contributed by atoms with Gasteiger partial charge < -0.3 is 25.3 Å². The molecule has 0 radical (unpaired) electrons. The predicted molar refractivity (Wildman–Crippen MR) is 106 cm³/mol. The highest BCUT2D eigenvalue weighted by molar-refractivity contribution is 6.05. The number of ether oxygens (including phenoxy) is 3. The maximum absolute atomic E-state index is 12.4. The van der Waals surface area contributed by atoms with Crippen molar-refractivity contribution in [1.82, 2.24) is 0 Å². The van der Waals surface area contributed by atoms with Gasteiger partial charge in [-0.2, -0.15) is 0 Å². The molecule has 1 amide bonds. The predicted octanol–water partition coefficient (Wildman–Crippen LogP) is 4.14. The van der Waals surface area contributed by atoms with Gasteiger partial charge in [-0.1, -0.05) is 13.3 Å². The molecule has 6 nitrogen and oxygen atoms in total. The number of amides is 1. The van der Waals surface area contributed by atoms with Crippen molar-refractivity contribution < 1.29 is 19.0 Å². The van der Waals surface area contributed by atoms with E-state index < -0.39 is 0 Å². The van der Waals surface area contributed by atoms with Gasteiger partial charge in [0.25, 0.3) is 5.91 Å². The second-order valence-corrected chi connectivity index (χ2v) is 5.48. The van der Waals surface area contributed by atoms with Gasteiger partial charge in [-0.15, -0.1) is 12.4 Å². The number of benzene rings is 2. The zero-order chi connectivity index (χ0) is 18.2. The molecule has 3 N–H and O–H groups in total. The lowest BCUT2D eigenvalue weighted by molar-refractivity contribution is 0.102. The van der Waals surface area contributed by atoms with Crippen LogP contribution in [-0.4, -0.2) is 26.7 Å². The third-order valence-corrected chi connectivity index (χ3v) is 3.67. The van der Waals surface area contributed by atoms with E-state index in [1.807, 2.05) is 0 Å². The summed E-state index contributed by atoms with van der Waals surface area (Å²) in [5, 5.41) is 2.80. The molecule has 26 heavy (non-hydrogen) atoms. The number of halogens is 1. The molecule has 0 saturated carbocycles. The number of rotatable bonds is 8. The molecule has 0 saturated heterocycles. The van der Waals surface area contributed by atoms with Crippen LogP contribution in [0.2, 0.25) is 0 Å². The molecule has 0 aliphatic rings. The number of hydrogen-bond donors (Lipinski definition) is 2. The van der Waals surface area contributed by atoms with E-state index in [1.54, 1.807) is 50.6 Å². The van der Waals surface area contributed by atoms with Crippen LogP contribution in [-0.2, 0) is 0 Å². The number of carbonyl (C=O) groups is 1. The van der Waals surface area contributed by atoms with Crippen molar-refractivity contribution in [2.24, 2.45) is 0 Å². The summed E-state index contributed by atoms with van der Waals surface area (Å²) >= 11 is 0. The van der Waals surface area contributed by atoms with Gasteiger partial charge in [-0.3, -0.25) is 4.79 Å². The topological polar surface area (TPSA) is 82.8 Å². The quantitative estimate of drug-likeness (QED) is 0.531. The van der Waals surface area contributed by atoms with Crippen LogP contribution in [0, 0.1) is 0 Å². The molecule has 0 unspecified atom stereocenters. The molecule has 0 spiro atoms. The van der Waals surface area contributed by atoms with Crippen molar-refractivity contribution in [2.75, 3.05) is 31.9 Å². The molecular weight excluding hydrogens is 356 g/mol. The van der Waals surface area contributed by atoms with E-state index in [0.717, 1.165) is 12.8 Å². The summed E-state index contributed by atoms with van der Waals surface area (Å²) in [6, 6.07) is 10.2. The minimum absolute atomic E-state index is 0. The Balaban J connectivity index is 0.00000338.